The van der Waals surface area contributed by atoms with Crippen LogP contribution in [0, 0.1) is 0 Å². The van der Waals surface area contributed by atoms with E-state index >= 15 is 0 Å². The highest BCUT2D eigenvalue weighted by Gasteiger charge is 2.05. The van der Waals surface area contributed by atoms with Crippen LogP contribution in [0.4, 0.5) is 5.69 Å². The van der Waals surface area contributed by atoms with E-state index in [1.165, 1.54) is 6.92 Å². The highest BCUT2D eigenvalue weighted by molar-refractivity contribution is 6.30. The van der Waals surface area contributed by atoms with Gasteiger partial charge in [-0.25, -0.2) is 0 Å². The lowest BCUT2D eigenvalue weighted by molar-refractivity contribution is -0.114. The average molecular weight is 303 g/mol. The van der Waals surface area contributed by atoms with Crippen molar-refractivity contribution in [1.82, 2.24) is 5.32 Å². The van der Waals surface area contributed by atoms with Crippen LogP contribution in [0.2, 0.25) is 5.02 Å². The van der Waals surface area contributed by atoms with Gasteiger partial charge in [-0.1, -0.05) is 35.9 Å². The Labute approximate surface area is 130 Å². The Balaban J connectivity index is 1.92. The molecule has 0 unspecified atom stereocenters. The van der Waals surface area contributed by atoms with Crippen LogP contribution in [0.5, 0.6) is 0 Å². The van der Waals surface area contributed by atoms with Gasteiger partial charge in [0.25, 0.3) is 0 Å². The molecule has 1 atom stereocenters. The first-order chi connectivity index (χ1) is 10.0. The number of rotatable bonds is 5. The van der Waals surface area contributed by atoms with Gasteiger partial charge in [0, 0.05) is 30.2 Å². The maximum Gasteiger partial charge on any atom is 0.221 e. The molecule has 0 aliphatic carbocycles. The lowest BCUT2D eigenvalue weighted by Crippen LogP contribution is -2.18. The van der Waals surface area contributed by atoms with Crippen LogP contribution in [0.1, 0.15) is 31.0 Å². The molecule has 2 aromatic carbocycles. The van der Waals surface area contributed by atoms with Crippen LogP contribution in [-0.2, 0) is 11.3 Å². The number of amides is 1. The van der Waals surface area contributed by atoms with E-state index in [9.17, 15) is 4.79 Å². The van der Waals surface area contributed by atoms with Crippen molar-refractivity contribution in [2.75, 3.05) is 5.32 Å². The van der Waals surface area contributed by atoms with Gasteiger partial charge < -0.3 is 10.6 Å². The molecule has 2 rings (SSSR count). The minimum atomic E-state index is -0.0598. The number of nitrogens with one attached hydrogen (secondary N) is 2. The smallest absolute Gasteiger partial charge is 0.221 e. The average Bonchev–Trinajstić information content (AvgIpc) is 2.45. The Morgan fingerprint density at radius 1 is 1.19 bits per heavy atom. The number of hydrogen-bond donors (Lipinski definition) is 2. The number of hydrogen-bond acceptors (Lipinski definition) is 2. The Morgan fingerprint density at radius 3 is 2.52 bits per heavy atom. The highest BCUT2D eigenvalue weighted by Crippen LogP contribution is 2.18. The van der Waals surface area contributed by atoms with Gasteiger partial charge in [0.15, 0.2) is 0 Å². The van der Waals surface area contributed by atoms with Gasteiger partial charge in [0.2, 0.25) is 5.91 Å². The van der Waals surface area contributed by atoms with E-state index in [1.807, 2.05) is 42.5 Å². The fraction of sp³-hybridized carbons (Fsp3) is 0.235. The summed E-state index contributed by atoms with van der Waals surface area (Å²) in [5.74, 6) is -0.0598. The summed E-state index contributed by atoms with van der Waals surface area (Å²) in [5, 5.41) is 6.96. The number of anilines is 1. The van der Waals surface area contributed by atoms with Crippen molar-refractivity contribution in [2.45, 2.75) is 26.4 Å². The normalized spacial score (nSPS) is 12.0. The largest absolute Gasteiger partial charge is 0.326 e. The Morgan fingerprint density at radius 2 is 1.90 bits per heavy atom. The van der Waals surface area contributed by atoms with Crippen molar-refractivity contribution in [1.29, 1.82) is 0 Å². The lowest BCUT2D eigenvalue weighted by atomic mass is 10.1. The topological polar surface area (TPSA) is 41.1 Å². The molecular formula is C17H19ClN2O. The molecule has 0 bridgehead atoms. The van der Waals surface area contributed by atoms with Crippen LogP contribution in [0.25, 0.3) is 0 Å². The molecule has 0 saturated carbocycles. The van der Waals surface area contributed by atoms with Crippen LogP contribution >= 0.6 is 11.6 Å². The molecule has 4 heteroatoms. The molecule has 110 valence electrons. The summed E-state index contributed by atoms with van der Waals surface area (Å²) in [4.78, 5) is 11.0. The molecule has 21 heavy (non-hydrogen) atoms. The maximum absolute atomic E-state index is 11.0. The van der Waals surface area contributed by atoms with E-state index in [0.29, 0.717) is 0 Å². The van der Waals surface area contributed by atoms with Gasteiger partial charge in [-0.2, -0.15) is 0 Å². The maximum atomic E-state index is 11.0. The molecule has 1 amide bonds. The third-order valence-electron chi connectivity index (χ3n) is 3.24. The summed E-state index contributed by atoms with van der Waals surface area (Å²) in [6.07, 6.45) is 0. The summed E-state index contributed by atoms with van der Waals surface area (Å²) in [6, 6.07) is 15.9. The Bertz CT molecular complexity index is 610. The first kappa shape index (κ1) is 15.5. The van der Waals surface area contributed by atoms with E-state index in [4.69, 9.17) is 11.6 Å². The van der Waals surface area contributed by atoms with Gasteiger partial charge >= 0.3 is 0 Å². The van der Waals surface area contributed by atoms with Crippen molar-refractivity contribution in [3.8, 4) is 0 Å². The molecule has 0 radical (unpaired) electrons. The van der Waals surface area contributed by atoms with Crippen LogP contribution in [-0.4, -0.2) is 5.91 Å². The van der Waals surface area contributed by atoms with Gasteiger partial charge in [-0.3, -0.25) is 4.79 Å². The lowest BCUT2D eigenvalue weighted by Gasteiger charge is -2.15. The molecule has 0 aliphatic heterocycles. The van der Waals surface area contributed by atoms with Crippen molar-refractivity contribution in [3.63, 3.8) is 0 Å². The third kappa shape index (κ3) is 4.88. The van der Waals surface area contributed by atoms with Gasteiger partial charge in [-0.05, 0) is 42.3 Å². The second kappa shape index (κ2) is 7.25. The molecule has 3 nitrogen and oxygen atoms in total. The number of halogens is 1. The van der Waals surface area contributed by atoms with Crippen LogP contribution in [0.15, 0.2) is 48.5 Å². The molecule has 2 N–H and O–H groups in total. The first-order valence-corrected chi connectivity index (χ1v) is 7.28. The quantitative estimate of drug-likeness (QED) is 0.871. The Kier molecular flexibility index (Phi) is 5.37. The van der Waals surface area contributed by atoms with Crippen LogP contribution in [0.3, 0.4) is 0 Å². The van der Waals surface area contributed by atoms with Gasteiger partial charge in [0.1, 0.15) is 0 Å². The molecule has 0 aliphatic rings. The number of carbonyl (C=O) groups is 1. The summed E-state index contributed by atoms with van der Waals surface area (Å²) in [7, 11) is 0. The monoisotopic (exact) mass is 302 g/mol. The summed E-state index contributed by atoms with van der Waals surface area (Å²) < 4.78 is 0. The second-order valence-corrected chi connectivity index (χ2v) is 5.47. The van der Waals surface area contributed by atoms with Crippen LogP contribution < -0.4 is 10.6 Å². The zero-order valence-corrected chi connectivity index (χ0v) is 12.9. The number of benzene rings is 2. The predicted molar refractivity (Wildman–Crippen MR) is 87.5 cm³/mol. The van der Waals surface area contributed by atoms with Gasteiger partial charge in [0.05, 0.1) is 0 Å². The molecule has 0 fully saturated rings. The van der Waals surface area contributed by atoms with E-state index < -0.39 is 0 Å². The molecule has 0 aromatic heterocycles. The number of carbonyl (C=O) groups excluding carboxylic acids is 1. The molecule has 0 saturated heterocycles. The first-order valence-electron chi connectivity index (χ1n) is 6.90. The highest BCUT2D eigenvalue weighted by atomic mass is 35.5. The van der Waals surface area contributed by atoms with Crippen molar-refractivity contribution in [3.05, 3.63) is 64.7 Å². The zero-order chi connectivity index (χ0) is 15.2. The SMILES string of the molecule is CC(=O)Nc1ccc(CN[C@H](C)c2cccc(Cl)c2)cc1. The molecule has 2 aromatic rings. The van der Waals surface area contributed by atoms with E-state index in [0.717, 1.165) is 28.4 Å². The minimum Gasteiger partial charge on any atom is -0.326 e. The summed E-state index contributed by atoms with van der Waals surface area (Å²) in [5.41, 5.74) is 3.14. The second-order valence-electron chi connectivity index (χ2n) is 5.04. The van der Waals surface area contributed by atoms with E-state index in [2.05, 4.69) is 23.6 Å². The third-order valence-corrected chi connectivity index (χ3v) is 3.47. The van der Waals surface area contributed by atoms with Gasteiger partial charge in [-0.15, -0.1) is 0 Å². The fourth-order valence-electron chi connectivity index (χ4n) is 2.07. The summed E-state index contributed by atoms with van der Waals surface area (Å²) in [6.45, 7) is 4.37. The molecule has 0 spiro atoms. The van der Waals surface area contributed by atoms with E-state index in [1.54, 1.807) is 0 Å². The van der Waals surface area contributed by atoms with E-state index in [-0.39, 0.29) is 11.9 Å². The fourth-order valence-corrected chi connectivity index (χ4v) is 2.27. The predicted octanol–water partition coefficient (Wildman–Crippen LogP) is 4.15. The molecular weight excluding hydrogens is 284 g/mol. The zero-order valence-electron chi connectivity index (χ0n) is 12.2. The molecule has 0 heterocycles. The van der Waals surface area contributed by atoms with Crippen molar-refractivity contribution in [2.24, 2.45) is 0 Å². The Hall–Kier alpha value is -1.84. The van der Waals surface area contributed by atoms with Crippen molar-refractivity contribution >= 4 is 23.2 Å². The standard InChI is InChI=1S/C17H19ClN2O/c1-12(15-4-3-5-16(18)10-15)19-11-14-6-8-17(9-7-14)20-13(2)21/h3-10,12,19H,11H2,1-2H3,(H,20,21)/t12-/m1/s1. The summed E-state index contributed by atoms with van der Waals surface area (Å²) >= 11 is 6.00. The van der Waals surface area contributed by atoms with Crippen molar-refractivity contribution < 1.29 is 4.79 Å². The minimum absolute atomic E-state index is 0.0598.